The van der Waals surface area contributed by atoms with Crippen LogP contribution in [0.5, 0.6) is 0 Å². The molecule has 0 saturated carbocycles. The fourth-order valence-electron chi connectivity index (χ4n) is 3.15. The highest BCUT2D eigenvalue weighted by atomic mass is 15.1. The number of hydrogen-bond acceptors (Lipinski definition) is 3. The minimum absolute atomic E-state index is 0.295. The Morgan fingerprint density at radius 2 is 1.78 bits per heavy atom. The van der Waals surface area contributed by atoms with Crippen LogP contribution in [0, 0.1) is 11.3 Å². The number of rotatable bonds is 1. The van der Waals surface area contributed by atoms with E-state index in [1.165, 1.54) is 0 Å². The standard InChI is InChI=1S/C20H15N3/c1-23-13-17(16(12-21)15-7-3-5-9-20(15)23)19-11-10-14-6-2-4-8-18(14)22-19/h2-11,13,16H,1H3. The van der Waals surface area contributed by atoms with E-state index >= 15 is 0 Å². The van der Waals surface area contributed by atoms with E-state index in [1.807, 2.05) is 67.8 Å². The SMILES string of the molecule is CN1C=C(c2ccc3ccccc3n2)C(C#N)c2ccccc21. The molecule has 0 spiro atoms. The number of anilines is 1. The summed E-state index contributed by atoms with van der Waals surface area (Å²) in [4.78, 5) is 6.82. The second-order valence-corrected chi connectivity index (χ2v) is 5.71. The van der Waals surface area contributed by atoms with Gasteiger partial charge in [-0.2, -0.15) is 5.26 Å². The lowest BCUT2D eigenvalue weighted by atomic mass is 9.86. The van der Waals surface area contributed by atoms with E-state index in [9.17, 15) is 5.26 Å². The van der Waals surface area contributed by atoms with Gasteiger partial charge in [-0.3, -0.25) is 0 Å². The molecule has 23 heavy (non-hydrogen) atoms. The van der Waals surface area contributed by atoms with Crippen molar-refractivity contribution in [1.82, 2.24) is 4.98 Å². The van der Waals surface area contributed by atoms with Gasteiger partial charge in [-0.25, -0.2) is 4.98 Å². The smallest absolute Gasteiger partial charge is 0.102 e. The van der Waals surface area contributed by atoms with Gasteiger partial charge in [0.25, 0.3) is 0 Å². The van der Waals surface area contributed by atoms with Crippen molar-refractivity contribution in [3.63, 3.8) is 0 Å². The zero-order valence-corrected chi connectivity index (χ0v) is 12.8. The lowest BCUT2D eigenvalue weighted by Crippen LogP contribution is -2.19. The highest BCUT2D eigenvalue weighted by Gasteiger charge is 2.27. The molecule has 2 heterocycles. The molecule has 1 atom stereocenters. The quantitative estimate of drug-likeness (QED) is 0.671. The Morgan fingerprint density at radius 1 is 1.00 bits per heavy atom. The molecule has 0 saturated heterocycles. The van der Waals surface area contributed by atoms with Crippen LogP contribution >= 0.6 is 0 Å². The predicted molar refractivity (Wildman–Crippen MR) is 92.9 cm³/mol. The van der Waals surface area contributed by atoms with Gasteiger partial charge in [-0.15, -0.1) is 0 Å². The topological polar surface area (TPSA) is 39.9 Å². The van der Waals surface area contributed by atoms with Gasteiger partial charge < -0.3 is 4.90 Å². The fraction of sp³-hybridized carbons (Fsp3) is 0.100. The monoisotopic (exact) mass is 297 g/mol. The highest BCUT2D eigenvalue weighted by molar-refractivity contribution is 5.85. The van der Waals surface area contributed by atoms with Gasteiger partial charge in [-0.1, -0.05) is 42.5 Å². The lowest BCUT2D eigenvalue weighted by Gasteiger charge is -2.29. The number of hydrogen-bond donors (Lipinski definition) is 0. The second kappa shape index (κ2) is 5.26. The average Bonchev–Trinajstić information content (AvgIpc) is 2.61. The van der Waals surface area contributed by atoms with Crippen LogP contribution in [0.3, 0.4) is 0 Å². The number of benzene rings is 2. The Labute approximate surface area is 135 Å². The first-order valence-electron chi connectivity index (χ1n) is 7.57. The van der Waals surface area contributed by atoms with Crippen molar-refractivity contribution in [3.05, 3.63) is 78.1 Å². The molecule has 3 nitrogen and oxygen atoms in total. The Morgan fingerprint density at radius 3 is 2.65 bits per heavy atom. The third-order valence-corrected chi connectivity index (χ3v) is 4.29. The van der Waals surface area contributed by atoms with Crippen molar-refractivity contribution in [2.45, 2.75) is 5.92 Å². The number of nitriles is 1. The van der Waals surface area contributed by atoms with E-state index in [-0.39, 0.29) is 5.92 Å². The van der Waals surface area contributed by atoms with Crippen LogP contribution in [0.25, 0.3) is 16.5 Å². The minimum Gasteiger partial charge on any atom is -0.350 e. The maximum atomic E-state index is 9.73. The number of pyridine rings is 1. The maximum Gasteiger partial charge on any atom is 0.102 e. The molecule has 0 N–H and O–H groups in total. The number of aromatic nitrogens is 1. The van der Waals surface area contributed by atoms with Crippen LogP contribution in [0.15, 0.2) is 66.9 Å². The van der Waals surface area contributed by atoms with Crippen molar-refractivity contribution in [3.8, 4) is 6.07 Å². The Kier molecular flexibility index (Phi) is 3.09. The van der Waals surface area contributed by atoms with Crippen molar-refractivity contribution < 1.29 is 0 Å². The summed E-state index contributed by atoms with van der Waals surface area (Å²) >= 11 is 0. The largest absolute Gasteiger partial charge is 0.350 e. The first-order chi connectivity index (χ1) is 11.3. The summed E-state index contributed by atoms with van der Waals surface area (Å²) < 4.78 is 0. The normalized spacial score (nSPS) is 16.6. The molecule has 3 aromatic rings. The maximum absolute atomic E-state index is 9.73. The van der Waals surface area contributed by atoms with Gasteiger partial charge >= 0.3 is 0 Å². The van der Waals surface area contributed by atoms with Gasteiger partial charge in [0.15, 0.2) is 0 Å². The van der Waals surface area contributed by atoms with Gasteiger partial charge in [0.1, 0.15) is 5.92 Å². The molecule has 0 fully saturated rings. The summed E-state index contributed by atoms with van der Waals surface area (Å²) in [6.07, 6.45) is 2.02. The van der Waals surface area contributed by atoms with E-state index in [0.717, 1.165) is 33.4 Å². The molecule has 1 aliphatic heterocycles. The third kappa shape index (κ3) is 2.16. The number of allylic oxidation sites excluding steroid dienone is 1. The summed E-state index contributed by atoms with van der Waals surface area (Å²) in [5, 5.41) is 10.8. The number of fused-ring (bicyclic) bond motifs is 2. The minimum atomic E-state index is -0.295. The molecule has 110 valence electrons. The van der Waals surface area contributed by atoms with Crippen molar-refractivity contribution in [1.29, 1.82) is 5.26 Å². The number of nitrogens with zero attached hydrogens (tertiary/aromatic N) is 3. The molecule has 2 aromatic carbocycles. The molecule has 0 radical (unpaired) electrons. The van der Waals surface area contributed by atoms with Gasteiger partial charge in [0, 0.05) is 29.9 Å². The van der Waals surface area contributed by atoms with Crippen molar-refractivity contribution in [2.24, 2.45) is 0 Å². The lowest BCUT2D eigenvalue weighted by molar-refractivity contribution is 1.02. The molecule has 1 aliphatic rings. The van der Waals surface area contributed by atoms with Gasteiger partial charge in [-0.05, 0) is 23.8 Å². The zero-order chi connectivity index (χ0) is 15.8. The molecule has 1 aromatic heterocycles. The van der Waals surface area contributed by atoms with Crippen LogP contribution in [0.1, 0.15) is 17.2 Å². The third-order valence-electron chi connectivity index (χ3n) is 4.29. The molecule has 4 rings (SSSR count). The second-order valence-electron chi connectivity index (χ2n) is 5.71. The van der Waals surface area contributed by atoms with E-state index in [0.29, 0.717) is 0 Å². The highest BCUT2D eigenvalue weighted by Crippen LogP contribution is 2.40. The molecule has 0 amide bonds. The zero-order valence-electron chi connectivity index (χ0n) is 12.8. The predicted octanol–water partition coefficient (Wildman–Crippen LogP) is 4.33. The van der Waals surface area contributed by atoms with Crippen LogP contribution < -0.4 is 4.90 Å². The summed E-state index contributed by atoms with van der Waals surface area (Å²) in [6.45, 7) is 0. The van der Waals surface area contributed by atoms with Crippen LogP contribution in [0.4, 0.5) is 5.69 Å². The van der Waals surface area contributed by atoms with Crippen molar-refractivity contribution >= 4 is 22.2 Å². The first kappa shape index (κ1) is 13.5. The van der Waals surface area contributed by atoms with E-state index in [1.54, 1.807) is 0 Å². The van der Waals surface area contributed by atoms with E-state index < -0.39 is 0 Å². The average molecular weight is 297 g/mol. The summed E-state index contributed by atoms with van der Waals surface area (Å²) in [7, 11) is 2.01. The van der Waals surface area contributed by atoms with Crippen LogP contribution in [-0.4, -0.2) is 12.0 Å². The molecule has 1 unspecified atom stereocenters. The van der Waals surface area contributed by atoms with Gasteiger partial charge in [0.05, 0.1) is 17.3 Å². The number of para-hydroxylation sites is 2. The molecule has 0 bridgehead atoms. The molecule has 3 heteroatoms. The van der Waals surface area contributed by atoms with E-state index in [4.69, 9.17) is 4.98 Å². The summed E-state index contributed by atoms with van der Waals surface area (Å²) in [5.41, 5.74) is 4.86. The van der Waals surface area contributed by atoms with Crippen molar-refractivity contribution in [2.75, 3.05) is 11.9 Å². The summed E-state index contributed by atoms with van der Waals surface area (Å²) in [6, 6.07) is 22.6. The fourth-order valence-corrected chi connectivity index (χ4v) is 3.15. The molecule has 0 aliphatic carbocycles. The Bertz CT molecular complexity index is 966. The van der Waals surface area contributed by atoms with E-state index in [2.05, 4.69) is 17.0 Å². The van der Waals surface area contributed by atoms with Gasteiger partial charge in [0.2, 0.25) is 0 Å². The molecular weight excluding hydrogens is 282 g/mol. The summed E-state index contributed by atoms with van der Waals surface area (Å²) in [5.74, 6) is -0.295. The molecular formula is C20H15N3. The Balaban J connectivity index is 1.88. The first-order valence-corrected chi connectivity index (χ1v) is 7.57. The van der Waals surface area contributed by atoms with Crippen LogP contribution in [0.2, 0.25) is 0 Å². The Hall–Kier alpha value is -3.12. The van der Waals surface area contributed by atoms with Crippen LogP contribution in [-0.2, 0) is 0 Å².